The van der Waals surface area contributed by atoms with Gasteiger partial charge in [0.25, 0.3) is 0 Å². The molecule has 0 aliphatic carbocycles. The van der Waals surface area contributed by atoms with Crippen molar-refractivity contribution in [3.63, 3.8) is 0 Å². The van der Waals surface area contributed by atoms with Crippen LogP contribution in [0.1, 0.15) is 23.0 Å². The minimum absolute atomic E-state index is 0.477. The average Bonchev–Trinajstić information content (AvgIpc) is 2.53. The van der Waals surface area contributed by atoms with Gasteiger partial charge in [0.15, 0.2) is 0 Å². The van der Waals surface area contributed by atoms with Crippen molar-refractivity contribution in [3.05, 3.63) is 65.7 Å². The van der Waals surface area contributed by atoms with E-state index in [-0.39, 0.29) is 0 Å². The first-order valence-corrected chi connectivity index (χ1v) is 6.28. The second kappa shape index (κ2) is 6.41. The van der Waals surface area contributed by atoms with E-state index in [2.05, 4.69) is 12.1 Å². The second-order valence-corrected chi connectivity index (χ2v) is 4.40. The minimum atomic E-state index is -0.492. The van der Waals surface area contributed by atoms with Crippen LogP contribution < -0.4 is 4.74 Å². The lowest BCUT2D eigenvalue weighted by atomic mass is 9.83. The molecule has 2 aromatic rings. The number of nitrogens with zero attached hydrogens (tertiary/aromatic N) is 2. The number of ether oxygens (including phenoxy) is 1. The Morgan fingerprint density at radius 1 is 0.800 bits per heavy atom. The molecule has 0 unspecified atom stereocenters. The summed E-state index contributed by atoms with van der Waals surface area (Å²) in [5.41, 5.74) is 1.68. The zero-order valence-corrected chi connectivity index (χ0v) is 11.2. The predicted molar refractivity (Wildman–Crippen MR) is 76.1 cm³/mol. The number of hydrogen-bond acceptors (Lipinski definition) is 3. The van der Waals surface area contributed by atoms with Crippen LogP contribution in [0.3, 0.4) is 0 Å². The summed E-state index contributed by atoms with van der Waals surface area (Å²) >= 11 is 0. The zero-order valence-electron chi connectivity index (χ0n) is 11.2. The molecule has 0 aromatic heterocycles. The van der Waals surface area contributed by atoms with Gasteiger partial charge in [0.05, 0.1) is 31.1 Å². The molecule has 0 aliphatic heterocycles. The highest BCUT2D eigenvalue weighted by molar-refractivity contribution is 5.39. The van der Waals surface area contributed by atoms with Crippen LogP contribution in [0.5, 0.6) is 5.75 Å². The lowest BCUT2D eigenvalue weighted by molar-refractivity contribution is 0.414. The number of hydrogen-bond donors (Lipinski definition) is 0. The van der Waals surface area contributed by atoms with Gasteiger partial charge in [-0.25, -0.2) is 0 Å². The fourth-order valence-electron chi connectivity index (χ4n) is 2.15. The number of methoxy groups -OCH3 is 1. The van der Waals surface area contributed by atoms with Crippen molar-refractivity contribution in [2.75, 3.05) is 7.11 Å². The number of rotatable bonds is 4. The molecule has 0 bridgehead atoms. The van der Waals surface area contributed by atoms with Crippen molar-refractivity contribution in [2.24, 2.45) is 0 Å². The van der Waals surface area contributed by atoms with E-state index in [1.165, 1.54) is 0 Å². The predicted octanol–water partition coefficient (Wildman–Crippen LogP) is 3.61. The lowest BCUT2D eigenvalue weighted by Gasteiger charge is -2.16. The van der Waals surface area contributed by atoms with Crippen molar-refractivity contribution in [1.82, 2.24) is 0 Å². The van der Waals surface area contributed by atoms with Gasteiger partial charge < -0.3 is 4.74 Å². The van der Waals surface area contributed by atoms with Gasteiger partial charge >= 0.3 is 0 Å². The summed E-state index contributed by atoms with van der Waals surface area (Å²) in [6.45, 7) is 0. The van der Waals surface area contributed by atoms with Gasteiger partial charge in [-0.1, -0.05) is 42.5 Å². The molecule has 3 heteroatoms. The first-order valence-electron chi connectivity index (χ1n) is 6.28. The summed E-state index contributed by atoms with van der Waals surface area (Å²) in [6.07, 6.45) is 0. The minimum Gasteiger partial charge on any atom is -0.497 e. The molecular weight excluding hydrogens is 248 g/mol. The fraction of sp³-hybridized carbons (Fsp3) is 0.176. The van der Waals surface area contributed by atoms with Gasteiger partial charge in [-0.3, -0.25) is 0 Å². The summed E-state index contributed by atoms with van der Waals surface area (Å²) in [7, 11) is 1.60. The van der Waals surface area contributed by atoms with E-state index in [0.717, 1.165) is 16.9 Å². The third kappa shape index (κ3) is 2.79. The molecule has 2 rings (SSSR count). The summed E-state index contributed by atoms with van der Waals surface area (Å²) in [5.74, 6) is -0.235. The lowest BCUT2D eigenvalue weighted by Crippen LogP contribution is -2.08. The Hall–Kier alpha value is -2.78. The van der Waals surface area contributed by atoms with Gasteiger partial charge in [0, 0.05) is 0 Å². The van der Waals surface area contributed by atoms with Crippen molar-refractivity contribution in [1.29, 1.82) is 10.5 Å². The smallest absolute Gasteiger partial charge is 0.118 e. The van der Waals surface area contributed by atoms with Crippen molar-refractivity contribution < 1.29 is 4.74 Å². The SMILES string of the molecule is COc1ccc([C@H](C#N)[C@@H](C#N)c2ccccc2)cc1. The highest BCUT2D eigenvalue weighted by Crippen LogP contribution is 2.32. The van der Waals surface area contributed by atoms with Crippen LogP contribution in [0.15, 0.2) is 54.6 Å². The molecule has 0 spiro atoms. The molecule has 20 heavy (non-hydrogen) atoms. The first kappa shape index (κ1) is 13.6. The highest BCUT2D eigenvalue weighted by atomic mass is 16.5. The largest absolute Gasteiger partial charge is 0.497 e. The van der Waals surface area contributed by atoms with Gasteiger partial charge in [-0.15, -0.1) is 0 Å². The topological polar surface area (TPSA) is 56.8 Å². The summed E-state index contributed by atoms with van der Waals surface area (Å²) in [5, 5.41) is 18.9. The van der Waals surface area contributed by atoms with E-state index in [1.807, 2.05) is 42.5 Å². The molecule has 0 aliphatic rings. The molecule has 0 heterocycles. The van der Waals surface area contributed by atoms with E-state index < -0.39 is 11.8 Å². The molecule has 3 nitrogen and oxygen atoms in total. The van der Waals surface area contributed by atoms with Crippen LogP contribution in [0, 0.1) is 22.7 Å². The summed E-state index contributed by atoms with van der Waals surface area (Å²) in [6, 6.07) is 21.2. The van der Waals surface area contributed by atoms with E-state index in [1.54, 1.807) is 19.2 Å². The maximum Gasteiger partial charge on any atom is 0.118 e. The van der Waals surface area contributed by atoms with Gasteiger partial charge in [0.1, 0.15) is 5.75 Å². The third-order valence-corrected chi connectivity index (χ3v) is 3.25. The van der Waals surface area contributed by atoms with Crippen LogP contribution in [0.2, 0.25) is 0 Å². The van der Waals surface area contributed by atoms with E-state index in [4.69, 9.17) is 4.74 Å². The monoisotopic (exact) mass is 262 g/mol. The molecule has 98 valence electrons. The molecule has 0 amide bonds. The number of benzene rings is 2. The highest BCUT2D eigenvalue weighted by Gasteiger charge is 2.24. The third-order valence-electron chi connectivity index (χ3n) is 3.25. The maximum absolute atomic E-state index is 9.44. The normalized spacial score (nSPS) is 12.8. The van der Waals surface area contributed by atoms with E-state index >= 15 is 0 Å². The van der Waals surface area contributed by atoms with Gasteiger partial charge in [0.2, 0.25) is 0 Å². The van der Waals surface area contributed by atoms with Crippen molar-refractivity contribution in [3.8, 4) is 17.9 Å². The second-order valence-electron chi connectivity index (χ2n) is 4.40. The molecule has 0 fully saturated rings. The first-order chi connectivity index (χ1) is 9.80. The average molecular weight is 262 g/mol. The van der Waals surface area contributed by atoms with Crippen LogP contribution >= 0.6 is 0 Å². The Balaban J connectivity index is 2.35. The van der Waals surface area contributed by atoms with Crippen LogP contribution in [-0.4, -0.2) is 7.11 Å². The molecule has 2 atom stereocenters. The quantitative estimate of drug-likeness (QED) is 0.845. The zero-order chi connectivity index (χ0) is 14.4. The van der Waals surface area contributed by atoms with Crippen molar-refractivity contribution in [2.45, 2.75) is 11.8 Å². The Kier molecular flexibility index (Phi) is 4.37. The van der Waals surface area contributed by atoms with Crippen LogP contribution in [0.4, 0.5) is 0 Å². The molecular formula is C17H14N2O. The molecule has 0 saturated carbocycles. The molecule has 0 saturated heterocycles. The van der Waals surface area contributed by atoms with E-state index in [9.17, 15) is 10.5 Å². The molecule has 0 radical (unpaired) electrons. The summed E-state index contributed by atoms with van der Waals surface area (Å²) < 4.78 is 5.11. The van der Waals surface area contributed by atoms with Crippen LogP contribution in [0.25, 0.3) is 0 Å². The van der Waals surface area contributed by atoms with Crippen molar-refractivity contribution >= 4 is 0 Å². The van der Waals surface area contributed by atoms with E-state index in [0.29, 0.717) is 0 Å². The Bertz CT molecular complexity index is 635. The Morgan fingerprint density at radius 3 is 1.75 bits per heavy atom. The maximum atomic E-state index is 9.44. The Labute approximate surface area is 118 Å². The van der Waals surface area contributed by atoms with Gasteiger partial charge in [-0.2, -0.15) is 10.5 Å². The van der Waals surface area contributed by atoms with Gasteiger partial charge in [-0.05, 0) is 23.3 Å². The number of nitriles is 2. The molecule has 2 aromatic carbocycles. The van der Waals surface area contributed by atoms with Crippen LogP contribution in [-0.2, 0) is 0 Å². The standard InChI is InChI=1S/C17H14N2O/c1-20-15-9-7-14(8-10-15)17(12-19)16(11-18)13-5-3-2-4-6-13/h2-10,16-17H,1H3/t16-,17-/m0/s1. The fourth-order valence-corrected chi connectivity index (χ4v) is 2.15. The Morgan fingerprint density at radius 2 is 1.30 bits per heavy atom. The molecule has 0 N–H and O–H groups in total. The summed E-state index contributed by atoms with van der Waals surface area (Å²) in [4.78, 5) is 0.